The molecule has 2 aliphatic rings. The van der Waals surface area contributed by atoms with Crippen molar-refractivity contribution in [3.63, 3.8) is 0 Å². The molecule has 0 radical (unpaired) electrons. The lowest BCUT2D eigenvalue weighted by atomic mass is 10.0. The fraction of sp³-hybridized carbons (Fsp3) is 0.667. The summed E-state index contributed by atoms with van der Waals surface area (Å²) in [6.45, 7) is 3.26. The van der Waals surface area contributed by atoms with Gasteiger partial charge in [-0.1, -0.05) is 6.92 Å². The molecule has 0 spiro atoms. The molecule has 1 aliphatic carbocycles. The van der Waals surface area contributed by atoms with Crippen LogP contribution in [0.1, 0.15) is 55.9 Å². The van der Waals surface area contributed by atoms with Crippen molar-refractivity contribution in [1.82, 2.24) is 15.3 Å². The SMILES string of the molecule is CCC1CCCCN1c1cnc(C(=O)NC2CC2)cn1. The first kappa shape index (κ1) is 13.3. The molecule has 5 heteroatoms. The molecule has 1 atom stereocenters. The van der Waals surface area contributed by atoms with E-state index in [1.54, 1.807) is 12.4 Å². The Morgan fingerprint density at radius 1 is 1.30 bits per heavy atom. The first-order chi connectivity index (χ1) is 9.78. The zero-order valence-corrected chi connectivity index (χ0v) is 12.0. The highest BCUT2D eigenvalue weighted by Crippen LogP contribution is 2.24. The Labute approximate surface area is 119 Å². The summed E-state index contributed by atoms with van der Waals surface area (Å²) in [6.07, 6.45) is 10.4. The topological polar surface area (TPSA) is 58.1 Å². The molecule has 1 unspecified atom stereocenters. The fourth-order valence-electron chi connectivity index (χ4n) is 2.80. The smallest absolute Gasteiger partial charge is 0.271 e. The quantitative estimate of drug-likeness (QED) is 0.914. The van der Waals surface area contributed by atoms with E-state index >= 15 is 0 Å². The standard InChI is InChI=1S/C15H22N4O/c1-2-12-5-3-4-8-19(12)14-10-16-13(9-17-14)15(20)18-11-6-7-11/h9-12H,2-8H2,1H3,(H,18,20). The molecule has 1 amide bonds. The average molecular weight is 274 g/mol. The lowest BCUT2D eigenvalue weighted by Crippen LogP contribution is -2.39. The zero-order chi connectivity index (χ0) is 13.9. The van der Waals surface area contributed by atoms with Crippen molar-refractivity contribution >= 4 is 11.7 Å². The highest BCUT2D eigenvalue weighted by atomic mass is 16.2. The highest BCUT2D eigenvalue weighted by Gasteiger charge is 2.25. The molecule has 1 N–H and O–H groups in total. The van der Waals surface area contributed by atoms with Crippen LogP contribution in [0.5, 0.6) is 0 Å². The van der Waals surface area contributed by atoms with E-state index in [0.29, 0.717) is 17.8 Å². The van der Waals surface area contributed by atoms with Crippen molar-refractivity contribution in [1.29, 1.82) is 0 Å². The lowest BCUT2D eigenvalue weighted by molar-refractivity contribution is 0.0945. The number of amides is 1. The van der Waals surface area contributed by atoms with Gasteiger partial charge in [0.1, 0.15) is 11.5 Å². The van der Waals surface area contributed by atoms with Crippen LogP contribution in [0.4, 0.5) is 5.82 Å². The summed E-state index contributed by atoms with van der Waals surface area (Å²) in [5.41, 5.74) is 0.422. The molecule has 1 aromatic rings. The predicted octanol–water partition coefficient (Wildman–Crippen LogP) is 2.14. The van der Waals surface area contributed by atoms with Crippen LogP contribution in [0.25, 0.3) is 0 Å². The van der Waals surface area contributed by atoms with Gasteiger partial charge in [0.15, 0.2) is 0 Å². The van der Waals surface area contributed by atoms with E-state index in [0.717, 1.165) is 31.6 Å². The monoisotopic (exact) mass is 274 g/mol. The minimum Gasteiger partial charge on any atom is -0.352 e. The Morgan fingerprint density at radius 3 is 2.80 bits per heavy atom. The number of rotatable bonds is 4. The number of hydrogen-bond acceptors (Lipinski definition) is 4. The van der Waals surface area contributed by atoms with Crippen LogP contribution in [0.3, 0.4) is 0 Å². The summed E-state index contributed by atoms with van der Waals surface area (Å²) in [4.78, 5) is 22.9. The molecule has 20 heavy (non-hydrogen) atoms. The lowest BCUT2D eigenvalue weighted by Gasteiger charge is -2.35. The number of carbonyl (C=O) groups excluding carboxylic acids is 1. The summed E-state index contributed by atoms with van der Waals surface area (Å²) >= 11 is 0. The third-order valence-electron chi connectivity index (χ3n) is 4.18. The number of hydrogen-bond donors (Lipinski definition) is 1. The second-order valence-corrected chi connectivity index (χ2v) is 5.76. The maximum absolute atomic E-state index is 11.9. The summed E-state index contributed by atoms with van der Waals surface area (Å²) < 4.78 is 0. The molecule has 2 fully saturated rings. The van der Waals surface area contributed by atoms with Gasteiger partial charge in [0, 0.05) is 18.6 Å². The van der Waals surface area contributed by atoms with Gasteiger partial charge >= 0.3 is 0 Å². The second kappa shape index (κ2) is 5.77. The van der Waals surface area contributed by atoms with Crippen molar-refractivity contribution in [3.05, 3.63) is 18.1 Å². The van der Waals surface area contributed by atoms with Crippen molar-refractivity contribution in [3.8, 4) is 0 Å². The fourth-order valence-corrected chi connectivity index (χ4v) is 2.80. The van der Waals surface area contributed by atoms with Gasteiger partial charge in [0.05, 0.1) is 12.4 Å². The van der Waals surface area contributed by atoms with Crippen molar-refractivity contribution < 1.29 is 4.79 Å². The number of piperidine rings is 1. The third-order valence-corrected chi connectivity index (χ3v) is 4.18. The number of anilines is 1. The van der Waals surface area contributed by atoms with E-state index in [9.17, 15) is 4.79 Å². The molecule has 3 rings (SSSR count). The van der Waals surface area contributed by atoms with Crippen LogP contribution in [0, 0.1) is 0 Å². The highest BCUT2D eigenvalue weighted by molar-refractivity contribution is 5.92. The van der Waals surface area contributed by atoms with Gasteiger partial charge < -0.3 is 10.2 Å². The van der Waals surface area contributed by atoms with Gasteiger partial charge in [-0.3, -0.25) is 4.79 Å². The number of nitrogens with zero attached hydrogens (tertiary/aromatic N) is 3. The van der Waals surface area contributed by atoms with E-state index in [-0.39, 0.29) is 5.91 Å². The number of aromatic nitrogens is 2. The van der Waals surface area contributed by atoms with Crippen LogP contribution >= 0.6 is 0 Å². The van der Waals surface area contributed by atoms with Crippen LogP contribution in [-0.4, -0.2) is 34.5 Å². The van der Waals surface area contributed by atoms with E-state index in [4.69, 9.17) is 0 Å². The largest absolute Gasteiger partial charge is 0.352 e. The van der Waals surface area contributed by atoms with Gasteiger partial charge in [0.2, 0.25) is 0 Å². The summed E-state index contributed by atoms with van der Waals surface area (Å²) in [6, 6.07) is 0.916. The Bertz CT molecular complexity index is 469. The van der Waals surface area contributed by atoms with Gasteiger partial charge in [0.25, 0.3) is 5.91 Å². The first-order valence-electron chi connectivity index (χ1n) is 7.67. The van der Waals surface area contributed by atoms with Crippen LogP contribution in [-0.2, 0) is 0 Å². The van der Waals surface area contributed by atoms with Crippen molar-refractivity contribution in [2.75, 3.05) is 11.4 Å². The first-order valence-corrected chi connectivity index (χ1v) is 7.67. The molecular formula is C15H22N4O. The second-order valence-electron chi connectivity index (χ2n) is 5.76. The van der Waals surface area contributed by atoms with Gasteiger partial charge in [-0.2, -0.15) is 0 Å². The van der Waals surface area contributed by atoms with Crippen molar-refractivity contribution in [2.45, 2.75) is 57.5 Å². The molecule has 1 aliphatic heterocycles. The maximum atomic E-state index is 11.9. The summed E-state index contributed by atoms with van der Waals surface area (Å²) in [7, 11) is 0. The minimum absolute atomic E-state index is 0.0998. The van der Waals surface area contributed by atoms with E-state index in [2.05, 4.69) is 27.1 Å². The molecule has 5 nitrogen and oxygen atoms in total. The van der Waals surface area contributed by atoms with E-state index in [1.165, 1.54) is 19.3 Å². The maximum Gasteiger partial charge on any atom is 0.271 e. The Kier molecular flexibility index (Phi) is 3.85. The number of nitrogens with one attached hydrogen (secondary N) is 1. The van der Waals surface area contributed by atoms with Crippen LogP contribution < -0.4 is 10.2 Å². The third kappa shape index (κ3) is 2.92. The summed E-state index contributed by atoms with van der Waals surface area (Å²) in [5.74, 6) is 0.803. The van der Waals surface area contributed by atoms with Crippen LogP contribution in [0.15, 0.2) is 12.4 Å². The Morgan fingerprint density at radius 2 is 2.15 bits per heavy atom. The Balaban J connectivity index is 1.69. The Hall–Kier alpha value is -1.65. The normalized spacial score (nSPS) is 22.6. The summed E-state index contributed by atoms with van der Waals surface area (Å²) in [5, 5.41) is 2.93. The molecule has 2 heterocycles. The van der Waals surface area contributed by atoms with Crippen LogP contribution in [0.2, 0.25) is 0 Å². The van der Waals surface area contributed by atoms with E-state index < -0.39 is 0 Å². The molecular weight excluding hydrogens is 252 g/mol. The van der Waals surface area contributed by atoms with Crippen molar-refractivity contribution in [2.24, 2.45) is 0 Å². The zero-order valence-electron chi connectivity index (χ0n) is 12.0. The molecule has 1 saturated carbocycles. The van der Waals surface area contributed by atoms with Gasteiger partial charge in [-0.15, -0.1) is 0 Å². The van der Waals surface area contributed by atoms with Gasteiger partial charge in [-0.05, 0) is 38.5 Å². The van der Waals surface area contributed by atoms with E-state index in [1.807, 2.05) is 0 Å². The molecule has 1 saturated heterocycles. The molecule has 0 aromatic carbocycles. The molecule has 1 aromatic heterocycles. The predicted molar refractivity (Wildman–Crippen MR) is 77.8 cm³/mol. The molecule has 108 valence electrons. The number of carbonyl (C=O) groups is 1. The minimum atomic E-state index is -0.0998. The average Bonchev–Trinajstić information content (AvgIpc) is 3.31. The molecule has 0 bridgehead atoms. The van der Waals surface area contributed by atoms with Gasteiger partial charge in [-0.25, -0.2) is 9.97 Å².